The van der Waals surface area contributed by atoms with Crippen molar-refractivity contribution < 1.29 is 4.42 Å². The van der Waals surface area contributed by atoms with Gasteiger partial charge < -0.3 is 4.42 Å². The Bertz CT molecular complexity index is 877. The van der Waals surface area contributed by atoms with Gasteiger partial charge in [0, 0.05) is 36.8 Å². The molecule has 0 unspecified atom stereocenters. The molecule has 0 amide bonds. The van der Waals surface area contributed by atoms with Gasteiger partial charge in [0.1, 0.15) is 0 Å². The molecule has 3 heteroatoms. The van der Waals surface area contributed by atoms with Gasteiger partial charge in [0.05, 0.1) is 6.26 Å². The minimum absolute atomic E-state index is 0.728. The number of aromatic nitrogens is 1. The van der Waals surface area contributed by atoms with Crippen molar-refractivity contribution in [1.29, 1.82) is 0 Å². The van der Waals surface area contributed by atoms with E-state index in [9.17, 15) is 0 Å². The van der Waals surface area contributed by atoms with Crippen LogP contribution < -0.4 is 0 Å². The molecule has 0 saturated heterocycles. The summed E-state index contributed by atoms with van der Waals surface area (Å²) in [6.45, 7) is 2.95. The lowest BCUT2D eigenvalue weighted by molar-refractivity contribution is 0.287. The highest BCUT2D eigenvalue weighted by Gasteiger charge is 2.14. The number of hydrogen-bond donors (Lipinski definition) is 0. The Balaban J connectivity index is 1.40. The third-order valence-electron chi connectivity index (χ3n) is 4.44. The Morgan fingerprint density at radius 2 is 2.00 bits per heavy atom. The molecule has 3 nitrogen and oxygen atoms in total. The largest absolute Gasteiger partial charge is 0.446 e. The molecule has 120 valence electrons. The molecule has 0 fully saturated rings. The third kappa shape index (κ3) is 3.31. The zero-order chi connectivity index (χ0) is 16.2. The number of allylic oxidation sites excluding steroid dienone is 1. The summed E-state index contributed by atoms with van der Waals surface area (Å²) in [7, 11) is 0. The van der Waals surface area contributed by atoms with Crippen molar-refractivity contribution in [3.05, 3.63) is 83.8 Å². The van der Waals surface area contributed by atoms with E-state index in [0.29, 0.717) is 0 Å². The summed E-state index contributed by atoms with van der Waals surface area (Å²) >= 11 is 0. The molecule has 1 aliphatic heterocycles. The zero-order valence-corrected chi connectivity index (χ0v) is 13.6. The Morgan fingerprint density at radius 3 is 2.83 bits per heavy atom. The highest BCUT2D eigenvalue weighted by molar-refractivity contribution is 5.77. The van der Waals surface area contributed by atoms with Gasteiger partial charge in [0.2, 0.25) is 5.71 Å². The first-order valence-corrected chi connectivity index (χ1v) is 8.34. The van der Waals surface area contributed by atoms with E-state index in [1.54, 1.807) is 6.20 Å². The number of nitrogens with zero attached hydrogens (tertiary/aromatic N) is 2. The van der Waals surface area contributed by atoms with Crippen LogP contribution in [0.3, 0.4) is 0 Å². The molecule has 0 atom stereocenters. The molecule has 0 spiro atoms. The summed E-state index contributed by atoms with van der Waals surface area (Å²) in [5.41, 5.74) is 4.60. The molecule has 2 aromatic heterocycles. The van der Waals surface area contributed by atoms with Crippen LogP contribution in [0.25, 0.3) is 17.2 Å². The molecule has 3 aromatic rings. The van der Waals surface area contributed by atoms with Crippen molar-refractivity contribution in [2.24, 2.45) is 0 Å². The zero-order valence-electron chi connectivity index (χ0n) is 13.6. The van der Waals surface area contributed by atoms with E-state index < -0.39 is 0 Å². The normalized spacial score (nSPS) is 15.9. The molecule has 3 heterocycles. The van der Waals surface area contributed by atoms with Gasteiger partial charge in [-0.05, 0) is 29.7 Å². The van der Waals surface area contributed by atoms with Gasteiger partial charge >= 0.3 is 0 Å². The molecule has 0 bridgehead atoms. The van der Waals surface area contributed by atoms with Gasteiger partial charge in [-0.2, -0.15) is 0 Å². The fourth-order valence-corrected chi connectivity index (χ4v) is 3.07. The predicted octanol–water partition coefficient (Wildman–Crippen LogP) is 4.67. The van der Waals surface area contributed by atoms with Gasteiger partial charge in [-0.3, -0.25) is 4.90 Å². The number of pyridine rings is 1. The predicted molar refractivity (Wildman–Crippen MR) is 97.5 cm³/mol. The third-order valence-corrected chi connectivity index (χ3v) is 4.44. The van der Waals surface area contributed by atoms with Crippen molar-refractivity contribution in [3.63, 3.8) is 0 Å². The van der Waals surface area contributed by atoms with Crippen LogP contribution in [-0.2, 0) is 6.54 Å². The Hall–Kier alpha value is -2.65. The van der Waals surface area contributed by atoms with Crippen LogP contribution in [-0.4, -0.2) is 23.0 Å². The number of hydrogen-bond acceptors (Lipinski definition) is 3. The lowest BCUT2D eigenvalue weighted by Gasteiger charge is -2.24. The number of benzene rings is 1. The van der Waals surface area contributed by atoms with Crippen LogP contribution >= 0.6 is 0 Å². The smallest absolute Gasteiger partial charge is 0.226 e. The molecular weight excluding hydrogens is 296 g/mol. The summed E-state index contributed by atoms with van der Waals surface area (Å²) in [5.74, 6) is 0. The van der Waals surface area contributed by atoms with Crippen molar-refractivity contribution in [2.75, 3.05) is 13.1 Å². The first kappa shape index (κ1) is 14.9. The molecule has 4 rings (SSSR count). The van der Waals surface area contributed by atoms with E-state index in [1.165, 1.54) is 16.7 Å². The SMILES string of the molecule is C1=C(/C=C/c2ccccc2)CCN(Cc2coc3ncccc23)C1. The second kappa shape index (κ2) is 6.85. The van der Waals surface area contributed by atoms with E-state index >= 15 is 0 Å². The quantitative estimate of drug-likeness (QED) is 0.700. The molecule has 0 N–H and O–H groups in total. The Kier molecular flexibility index (Phi) is 4.26. The maximum atomic E-state index is 5.53. The van der Waals surface area contributed by atoms with Crippen LogP contribution in [0, 0.1) is 0 Å². The molecule has 0 saturated carbocycles. The highest BCUT2D eigenvalue weighted by atomic mass is 16.3. The van der Waals surface area contributed by atoms with E-state index in [4.69, 9.17) is 4.42 Å². The highest BCUT2D eigenvalue weighted by Crippen LogP contribution is 2.22. The average molecular weight is 316 g/mol. The fourth-order valence-electron chi connectivity index (χ4n) is 3.07. The second-order valence-corrected chi connectivity index (χ2v) is 6.13. The fraction of sp³-hybridized carbons (Fsp3) is 0.190. The van der Waals surface area contributed by atoms with E-state index in [0.717, 1.165) is 37.2 Å². The molecular formula is C21H20N2O. The summed E-state index contributed by atoms with van der Waals surface area (Å²) < 4.78 is 5.53. The standard InChI is InChI=1S/C21H20N2O/c1-2-5-17(6-3-1)8-9-18-10-13-23(14-11-18)15-19-16-24-21-20(19)7-4-12-22-21/h1-10,12,16H,11,13-15H2/b9-8+. The molecule has 1 aliphatic rings. The van der Waals surface area contributed by atoms with Crippen LogP contribution in [0.5, 0.6) is 0 Å². The van der Waals surface area contributed by atoms with Crippen LogP contribution in [0.15, 0.2) is 77.1 Å². The lowest BCUT2D eigenvalue weighted by Crippen LogP contribution is -2.27. The second-order valence-electron chi connectivity index (χ2n) is 6.13. The van der Waals surface area contributed by atoms with Crippen molar-refractivity contribution in [3.8, 4) is 0 Å². The summed E-state index contributed by atoms with van der Waals surface area (Å²) in [5, 5.41) is 1.12. The van der Waals surface area contributed by atoms with Gasteiger partial charge in [0.15, 0.2) is 0 Å². The first-order valence-electron chi connectivity index (χ1n) is 8.34. The van der Waals surface area contributed by atoms with Crippen LogP contribution in [0.4, 0.5) is 0 Å². The topological polar surface area (TPSA) is 29.3 Å². The summed E-state index contributed by atoms with van der Waals surface area (Å²) in [6.07, 6.45) is 11.4. The van der Waals surface area contributed by atoms with Crippen molar-refractivity contribution in [1.82, 2.24) is 9.88 Å². The summed E-state index contributed by atoms with van der Waals surface area (Å²) in [4.78, 5) is 6.70. The molecule has 0 radical (unpaired) electrons. The number of fused-ring (bicyclic) bond motifs is 1. The maximum Gasteiger partial charge on any atom is 0.226 e. The number of furan rings is 1. The number of rotatable bonds is 4. The van der Waals surface area contributed by atoms with Crippen molar-refractivity contribution in [2.45, 2.75) is 13.0 Å². The molecule has 0 aliphatic carbocycles. The monoisotopic (exact) mass is 316 g/mol. The Labute approximate surface area is 141 Å². The van der Waals surface area contributed by atoms with Gasteiger partial charge in [-0.1, -0.05) is 48.6 Å². The minimum Gasteiger partial charge on any atom is -0.446 e. The summed E-state index contributed by atoms with van der Waals surface area (Å²) in [6, 6.07) is 14.5. The van der Waals surface area contributed by atoms with Gasteiger partial charge in [-0.25, -0.2) is 4.98 Å². The minimum atomic E-state index is 0.728. The van der Waals surface area contributed by atoms with E-state index in [-0.39, 0.29) is 0 Å². The molecule has 1 aromatic carbocycles. The lowest BCUT2D eigenvalue weighted by atomic mass is 10.1. The van der Waals surface area contributed by atoms with E-state index in [1.807, 2.05) is 18.4 Å². The van der Waals surface area contributed by atoms with Crippen molar-refractivity contribution >= 4 is 17.2 Å². The van der Waals surface area contributed by atoms with Crippen LogP contribution in [0.2, 0.25) is 0 Å². The first-order chi connectivity index (χ1) is 11.9. The Morgan fingerprint density at radius 1 is 1.08 bits per heavy atom. The maximum absolute atomic E-state index is 5.53. The van der Waals surface area contributed by atoms with Crippen LogP contribution in [0.1, 0.15) is 17.5 Å². The van der Waals surface area contributed by atoms with Gasteiger partial charge in [-0.15, -0.1) is 0 Å². The van der Waals surface area contributed by atoms with E-state index in [2.05, 4.69) is 58.4 Å². The molecule has 24 heavy (non-hydrogen) atoms. The average Bonchev–Trinajstić information content (AvgIpc) is 3.05. The van der Waals surface area contributed by atoms with Gasteiger partial charge in [0.25, 0.3) is 0 Å².